The van der Waals surface area contributed by atoms with Crippen LogP contribution in [-0.4, -0.2) is 35.9 Å². The third kappa shape index (κ3) is 5.06. The van der Waals surface area contributed by atoms with Gasteiger partial charge in [-0.1, -0.05) is 50.0 Å². The van der Waals surface area contributed by atoms with Crippen molar-refractivity contribution in [3.63, 3.8) is 0 Å². The molecule has 0 aliphatic rings. The summed E-state index contributed by atoms with van der Waals surface area (Å²) in [6.07, 6.45) is 0. The Morgan fingerprint density at radius 2 is 1.81 bits per heavy atom. The number of rotatable bonds is 4. The monoisotopic (exact) mass is 474 g/mol. The maximum Gasteiger partial charge on any atom is 0.339 e. The number of carbonyl (C=O) groups is 2. The Morgan fingerprint density at radius 3 is 2.41 bits per heavy atom. The predicted octanol–water partition coefficient (Wildman–Crippen LogP) is 5.93. The molecule has 2 aromatic carbocycles. The largest absolute Gasteiger partial charge is 0.465 e. The van der Waals surface area contributed by atoms with E-state index in [0.29, 0.717) is 16.5 Å². The summed E-state index contributed by atoms with van der Waals surface area (Å²) in [5.41, 5.74) is 1.97. The van der Waals surface area contributed by atoms with Gasteiger partial charge in [-0.25, -0.2) is 14.3 Å². The summed E-state index contributed by atoms with van der Waals surface area (Å²) in [5.74, 6) is 0.0112. The fourth-order valence-corrected chi connectivity index (χ4v) is 3.40. The molecule has 32 heavy (non-hydrogen) atoms. The van der Waals surface area contributed by atoms with E-state index in [1.807, 2.05) is 39.0 Å². The molecule has 3 aromatic rings. The smallest absolute Gasteiger partial charge is 0.339 e. The van der Waals surface area contributed by atoms with E-state index in [-0.39, 0.29) is 16.0 Å². The number of aromatic nitrogens is 2. The van der Waals surface area contributed by atoms with Crippen molar-refractivity contribution in [2.75, 3.05) is 24.4 Å². The van der Waals surface area contributed by atoms with Crippen LogP contribution in [0, 0.1) is 0 Å². The topological polar surface area (TPSA) is 76.5 Å². The molecule has 1 N–H and O–H groups in total. The Morgan fingerprint density at radius 1 is 1.09 bits per heavy atom. The summed E-state index contributed by atoms with van der Waals surface area (Å²) >= 11 is 12.3. The molecule has 1 heterocycles. The maximum atomic E-state index is 13.0. The number of carbonyl (C=O) groups excluding carboxylic acids is 2. The second-order valence-corrected chi connectivity index (χ2v) is 9.05. The first-order chi connectivity index (χ1) is 15.0. The number of amides is 2. The Hall–Kier alpha value is -3.03. The van der Waals surface area contributed by atoms with E-state index < -0.39 is 12.0 Å². The molecule has 0 spiro atoms. The number of anilines is 2. The standard InChI is InChI=1S/C23H24Cl2N4O3/c1-23(2,3)19-13-20(29(27-19)16-8-6-7-14(24)11-16)28(4)22(31)26-15-9-10-17(18(25)12-15)21(30)32-5/h6-13H,1-5H3,(H,26,31). The summed E-state index contributed by atoms with van der Waals surface area (Å²) in [6.45, 7) is 6.14. The van der Waals surface area contributed by atoms with Crippen molar-refractivity contribution in [2.45, 2.75) is 26.2 Å². The fraction of sp³-hybridized carbons (Fsp3) is 0.261. The SMILES string of the molecule is COC(=O)c1ccc(NC(=O)N(C)c2cc(C(C)(C)C)nn2-c2cccc(Cl)c2)cc1Cl. The summed E-state index contributed by atoms with van der Waals surface area (Å²) in [6, 6.07) is 13.3. The Balaban J connectivity index is 1.93. The van der Waals surface area contributed by atoms with Gasteiger partial charge in [-0.05, 0) is 36.4 Å². The average molecular weight is 475 g/mol. The van der Waals surface area contributed by atoms with Gasteiger partial charge < -0.3 is 10.1 Å². The summed E-state index contributed by atoms with van der Waals surface area (Å²) < 4.78 is 6.37. The van der Waals surface area contributed by atoms with Crippen molar-refractivity contribution in [3.8, 4) is 5.69 Å². The van der Waals surface area contributed by atoms with Gasteiger partial charge in [0, 0.05) is 29.2 Å². The van der Waals surface area contributed by atoms with E-state index in [2.05, 4.69) is 10.1 Å². The summed E-state index contributed by atoms with van der Waals surface area (Å²) in [7, 11) is 2.92. The molecule has 0 atom stereocenters. The van der Waals surface area contributed by atoms with Gasteiger partial charge in [0.25, 0.3) is 0 Å². The number of ether oxygens (including phenoxy) is 1. The van der Waals surface area contributed by atoms with Crippen LogP contribution in [-0.2, 0) is 10.2 Å². The minimum atomic E-state index is -0.551. The fourth-order valence-electron chi connectivity index (χ4n) is 2.95. The van der Waals surface area contributed by atoms with Crippen molar-refractivity contribution in [1.29, 1.82) is 0 Å². The highest BCUT2D eigenvalue weighted by molar-refractivity contribution is 6.34. The molecule has 2 amide bonds. The van der Waals surface area contributed by atoms with Crippen LogP contribution < -0.4 is 10.2 Å². The number of hydrogen-bond acceptors (Lipinski definition) is 4. The molecule has 0 bridgehead atoms. The molecule has 0 aliphatic heterocycles. The van der Waals surface area contributed by atoms with Gasteiger partial charge in [-0.3, -0.25) is 4.90 Å². The van der Waals surface area contributed by atoms with Crippen molar-refractivity contribution >= 4 is 46.7 Å². The minimum Gasteiger partial charge on any atom is -0.465 e. The number of methoxy groups -OCH3 is 1. The van der Waals surface area contributed by atoms with E-state index in [0.717, 1.165) is 11.4 Å². The molecule has 0 aliphatic carbocycles. The lowest BCUT2D eigenvalue weighted by Gasteiger charge is -2.19. The highest BCUT2D eigenvalue weighted by Gasteiger charge is 2.25. The van der Waals surface area contributed by atoms with E-state index in [1.165, 1.54) is 24.1 Å². The minimum absolute atomic E-state index is 0.177. The van der Waals surface area contributed by atoms with E-state index in [4.69, 9.17) is 28.3 Å². The normalized spacial score (nSPS) is 11.2. The quantitative estimate of drug-likeness (QED) is 0.475. The lowest BCUT2D eigenvalue weighted by molar-refractivity contribution is 0.0601. The molecule has 9 heteroatoms. The molecule has 0 unspecified atom stereocenters. The number of esters is 1. The zero-order valence-electron chi connectivity index (χ0n) is 18.4. The summed E-state index contributed by atoms with van der Waals surface area (Å²) in [5, 5.41) is 8.25. The van der Waals surface area contributed by atoms with Crippen molar-refractivity contribution in [2.24, 2.45) is 0 Å². The number of urea groups is 1. The van der Waals surface area contributed by atoms with Crippen LogP contribution in [0.1, 0.15) is 36.8 Å². The van der Waals surface area contributed by atoms with Crippen molar-refractivity contribution in [3.05, 3.63) is 69.8 Å². The number of nitrogens with one attached hydrogen (secondary N) is 1. The molecule has 0 saturated carbocycles. The first kappa shape index (κ1) is 23.6. The van der Waals surface area contributed by atoms with Gasteiger partial charge in [-0.2, -0.15) is 5.10 Å². The van der Waals surface area contributed by atoms with Crippen LogP contribution in [0.2, 0.25) is 10.0 Å². The molecule has 0 saturated heterocycles. The number of halogens is 2. The summed E-state index contributed by atoms with van der Waals surface area (Å²) in [4.78, 5) is 26.2. The van der Waals surface area contributed by atoms with E-state index >= 15 is 0 Å². The second kappa shape index (κ2) is 9.22. The Kier molecular flexibility index (Phi) is 6.81. The molecule has 168 valence electrons. The van der Waals surface area contributed by atoms with Crippen molar-refractivity contribution < 1.29 is 14.3 Å². The molecular weight excluding hydrogens is 451 g/mol. The first-order valence-electron chi connectivity index (χ1n) is 9.80. The number of nitrogens with zero attached hydrogens (tertiary/aromatic N) is 3. The van der Waals surface area contributed by atoms with Crippen molar-refractivity contribution in [1.82, 2.24) is 9.78 Å². The highest BCUT2D eigenvalue weighted by Crippen LogP contribution is 2.29. The van der Waals surface area contributed by atoms with Crippen LogP contribution in [0.5, 0.6) is 0 Å². The van der Waals surface area contributed by atoms with Gasteiger partial charge >= 0.3 is 12.0 Å². The maximum absolute atomic E-state index is 13.0. The van der Waals surface area contributed by atoms with Gasteiger partial charge in [-0.15, -0.1) is 0 Å². The zero-order valence-corrected chi connectivity index (χ0v) is 20.0. The molecule has 0 radical (unpaired) electrons. The molecular formula is C23H24Cl2N4O3. The average Bonchev–Trinajstić information content (AvgIpc) is 3.19. The van der Waals surface area contributed by atoms with Crippen LogP contribution in [0.25, 0.3) is 5.69 Å². The molecule has 1 aromatic heterocycles. The molecule has 7 nitrogen and oxygen atoms in total. The second-order valence-electron chi connectivity index (χ2n) is 8.20. The van der Waals surface area contributed by atoms with Crippen LogP contribution in [0.3, 0.4) is 0 Å². The van der Waals surface area contributed by atoms with E-state index in [1.54, 1.807) is 29.9 Å². The third-order valence-electron chi connectivity index (χ3n) is 4.79. The van der Waals surface area contributed by atoms with Crippen LogP contribution in [0.4, 0.5) is 16.3 Å². The third-order valence-corrected chi connectivity index (χ3v) is 5.33. The van der Waals surface area contributed by atoms with Crippen LogP contribution >= 0.6 is 23.2 Å². The zero-order chi connectivity index (χ0) is 23.6. The lowest BCUT2D eigenvalue weighted by atomic mass is 9.92. The Labute approximate surface area is 196 Å². The van der Waals surface area contributed by atoms with Gasteiger partial charge in [0.1, 0.15) is 5.82 Å². The lowest BCUT2D eigenvalue weighted by Crippen LogP contribution is -2.32. The van der Waals surface area contributed by atoms with Crippen LogP contribution in [0.15, 0.2) is 48.5 Å². The Bertz CT molecular complexity index is 1170. The first-order valence-corrected chi connectivity index (χ1v) is 10.6. The van der Waals surface area contributed by atoms with Gasteiger partial charge in [0.15, 0.2) is 0 Å². The molecule has 3 rings (SSSR count). The number of benzene rings is 2. The van der Waals surface area contributed by atoms with Gasteiger partial charge in [0.2, 0.25) is 0 Å². The van der Waals surface area contributed by atoms with Gasteiger partial charge in [0.05, 0.1) is 29.1 Å². The molecule has 0 fully saturated rings. The predicted molar refractivity (Wildman–Crippen MR) is 127 cm³/mol. The highest BCUT2D eigenvalue weighted by atomic mass is 35.5. The van der Waals surface area contributed by atoms with E-state index in [9.17, 15) is 9.59 Å². The number of hydrogen-bond donors (Lipinski definition) is 1.